The second-order valence-electron chi connectivity index (χ2n) is 24.5. The fraction of sp³-hybridized carbons (Fsp3) is 0.0323. The Balaban J connectivity index is 1.09. The predicted molar refractivity (Wildman–Crippen MR) is 414 cm³/mol. The highest BCUT2D eigenvalue weighted by molar-refractivity contribution is 7.48. The van der Waals surface area contributed by atoms with Gasteiger partial charge in [-0.3, -0.25) is 13.6 Å². The molecule has 0 aromatic heterocycles. The Bertz CT molecular complexity index is 5680. The lowest BCUT2D eigenvalue weighted by atomic mass is 9.87. The minimum Gasteiger partial charge on any atom is -0.457 e. The summed E-state index contributed by atoms with van der Waals surface area (Å²) < 4.78 is 77.7. The number of ether oxygens (including phenoxy) is 6. The average molecular weight is 1520 g/mol. The van der Waals surface area contributed by atoms with Gasteiger partial charge in [-0.1, -0.05) is 90.6 Å². The highest BCUT2D eigenvalue weighted by atomic mass is 31.2. The Labute approximate surface area is 664 Å². The lowest BCUT2D eigenvalue weighted by Gasteiger charge is -2.40. The van der Waals surface area contributed by atoms with Crippen LogP contribution in [0.3, 0.4) is 0 Å². The quantitative estimate of drug-likeness (QED) is 0.0400. The van der Waals surface area contributed by atoms with E-state index >= 15 is 4.57 Å². The van der Waals surface area contributed by atoms with Gasteiger partial charge in [-0.2, -0.15) is 63.1 Å². The van der Waals surface area contributed by atoms with Crippen LogP contribution in [0, 0.1) is 173 Å². The molecule has 0 atom stereocenters. The summed E-state index contributed by atoms with van der Waals surface area (Å²) in [5, 5.41) is 118. The number of nitrogens with zero attached hydrogens (tertiary/aromatic N) is 12. The van der Waals surface area contributed by atoms with Crippen molar-refractivity contribution in [2.24, 2.45) is 0 Å². The van der Waals surface area contributed by atoms with Crippen molar-refractivity contribution in [3.63, 3.8) is 0 Å². The third-order valence-corrected chi connectivity index (χ3v) is 19.2. The summed E-state index contributed by atoms with van der Waals surface area (Å²) in [6.07, 6.45) is 20.9. The van der Waals surface area contributed by atoms with Gasteiger partial charge in [0.15, 0.2) is 16.8 Å². The van der Waals surface area contributed by atoms with E-state index < -0.39 is 24.6 Å². The van der Waals surface area contributed by atoms with Gasteiger partial charge < -0.3 is 28.4 Å². The van der Waals surface area contributed by atoms with E-state index in [1.54, 1.807) is 0 Å². The molecular formula is C93H45N12O10P. The molecule has 0 heterocycles. The molecule has 0 aliphatic rings. The molecule has 0 aliphatic heterocycles. The molecular weight excluding hydrogens is 1480 g/mol. The van der Waals surface area contributed by atoms with Crippen molar-refractivity contribution in [2.75, 3.05) is 0 Å². The lowest BCUT2D eigenvalue weighted by Crippen LogP contribution is -2.37. The number of rotatable bonds is 24. The van der Waals surface area contributed by atoms with Gasteiger partial charge in [-0.15, -0.1) is 19.3 Å². The van der Waals surface area contributed by atoms with E-state index in [1.165, 1.54) is 255 Å². The highest BCUT2D eigenvalue weighted by Gasteiger charge is 2.54. The van der Waals surface area contributed by atoms with Crippen LogP contribution in [0.2, 0.25) is 0 Å². The van der Waals surface area contributed by atoms with Crippen molar-refractivity contribution in [3.8, 4) is 179 Å². The third-order valence-electron chi connectivity index (χ3n) is 17.7. The second-order valence-corrected chi connectivity index (χ2v) is 26.0. The fourth-order valence-electron chi connectivity index (χ4n) is 12.0. The second kappa shape index (κ2) is 34.1. The van der Waals surface area contributed by atoms with Crippen LogP contribution in [0.1, 0.15) is 100 Å². The lowest BCUT2D eigenvalue weighted by molar-refractivity contribution is 0.00166. The van der Waals surface area contributed by atoms with Crippen LogP contribution in [0.4, 0.5) is 0 Å². The molecule has 0 radical (unpaired) electrons. The largest absolute Gasteiger partial charge is 0.481 e. The molecule has 0 unspecified atom stereocenters. The van der Waals surface area contributed by atoms with Gasteiger partial charge in [0.1, 0.15) is 142 Å². The monoisotopic (exact) mass is 1520 g/mol. The normalized spacial score (nSPS) is 10.6. The van der Waals surface area contributed by atoms with Crippen LogP contribution in [0.15, 0.2) is 255 Å². The molecule has 0 saturated heterocycles. The molecule has 0 saturated carbocycles. The molecule has 116 heavy (non-hydrogen) atoms. The summed E-state index contributed by atoms with van der Waals surface area (Å²) in [5.41, 5.74) is -6.91. The van der Waals surface area contributed by atoms with Gasteiger partial charge in [-0.25, -0.2) is 4.57 Å². The molecule has 542 valence electrons. The van der Waals surface area contributed by atoms with Crippen LogP contribution in [-0.4, -0.2) is 0 Å². The minimum atomic E-state index is -6.08. The summed E-state index contributed by atoms with van der Waals surface area (Å²) in [4.78, 5) is 0. The van der Waals surface area contributed by atoms with Crippen LogP contribution in [-0.2, 0) is 34.9 Å². The Hall–Kier alpha value is -17.9. The van der Waals surface area contributed by atoms with Gasteiger partial charge in [0.2, 0.25) is 0 Å². The molecule has 12 aromatic carbocycles. The van der Waals surface area contributed by atoms with E-state index in [2.05, 4.69) is 17.8 Å². The fourth-order valence-corrected chi connectivity index (χ4v) is 13.9. The Morgan fingerprint density at radius 3 is 0.448 bits per heavy atom. The van der Waals surface area contributed by atoms with Gasteiger partial charge in [0.05, 0.1) is 66.8 Å². The van der Waals surface area contributed by atoms with E-state index in [9.17, 15) is 63.1 Å². The first kappa shape index (κ1) is 77.7. The smallest absolute Gasteiger partial charge is 0.457 e. The molecule has 23 heteroatoms. The van der Waals surface area contributed by atoms with E-state index in [4.69, 9.17) is 61.3 Å². The number of benzene rings is 12. The first-order chi connectivity index (χ1) is 56.4. The van der Waals surface area contributed by atoms with Crippen molar-refractivity contribution in [1.82, 2.24) is 0 Å². The van der Waals surface area contributed by atoms with Crippen LogP contribution >= 0.6 is 7.82 Å². The number of hydrogen-bond donors (Lipinski definition) is 0. The number of terminal acetylenes is 3. The number of phosphoric acid groups is 1. The van der Waals surface area contributed by atoms with E-state index in [-0.39, 0.29) is 169 Å². The van der Waals surface area contributed by atoms with E-state index in [1.807, 2.05) is 72.8 Å². The van der Waals surface area contributed by atoms with Crippen LogP contribution in [0.25, 0.3) is 0 Å². The molecule has 0 N–H and O–H groups in total. The maximum atomic E-state index is 18.3. The topological polar surface area (TPSA) is 386 Å². The minimum absolute atomic E-state index is 0.00907. The average Bonchev–Trinajstić information content (AvgIpc) is 0.733. The maximum absolute atomic E-state index is 18.3. The van der Waals surface area contributed by atoms with Gasteiger partial charge in [-0.05, 0) is 182 Å². The standard InChI is InChI=1S/C93H45N12O10P/c1-4-91(73-13-31-79(32-14-73)107-85-25-7-61(49-94)67(43-85)55-100,74-15-33-80(34-16-74)108-86-26-8-62(50-95)68(44-86)56-101)113-116(106,114-92(5-2,75-17-35-81(36-18-75)109-87-27-9-63(51-96)69(45-87)57-102)76-19-37-82(38-20-76)110-88-28-10-64(52-97)70(46-88)58-103)115-93(6-3,77-21-39-83(40-22-77)111-89-29-11-65(53-98)71(47-89)59-104)78-23-41-84(42-24-78)112-90-30-12-66(54-99)72(48-90)60-105/h1-3,7-48H. The molecule has 12 aromatic rings. The van der Waals surface area contributed by atoms with E-state index in [0.29, 0.717) is 0 Å². The summed E-state index contributed by atoms with van der Waals surface area (Å²) in [5.74, 6) is 10.1. The van der Waals surface area contributed by atoms with Crippen molar-refractivity contribution in [3.05, 3.63) is 355 Å². The van der Waals surface area contributed by atoms with Crippen molar-refractivity contribution >= 4 is 7.82 Å². The van der Waals surface area contributed by atoms with Crippen LogP contribution in [0.5, 0.6) is 69.0 Å². The van der Waals surface area contributed by atoms with Gasteiger partial charge in [0, 0.05) is 33.4 Å². The zero-order chi connectivity index (χ0) is 82.0. The zero-order valence-electron chi connectivity index (χ0n) is 59.9. The molecule has 0 bridgehead atoms. The zero-order valence-corrected chi connectivity index (χ0v) is 60.8. The molecule has 22 nitrogen and oxygen atoms in total. The first-order valence-corrected chi connectivity index (χ1v) is 35.4. The Morgan fingerprint density at radius 2 is 0.328 bits per heavy atom. The molecule has 12 rings (SSSR count). The van der Waals surface area contributed by atoms with Crippen molar-refractivity contribution < 1.29 is 46.6 Å². The van der Waals surface area contributed by atoms with E-state index in [0.717, 1.165) is 0 Å². The van der Waals surface area contributed by atoms with Crippen molar-refractivity contribution in [2.45, 2.75) is 16.8 Å². The van der Waals surface area contributed by atoms with Crippen molar-refractivity contribution in [1.29, 1.82) is 63.1 Å². The maximum Gasteiger partial charge on any atom is 0.481 e. The highest BCUT2D eigenvalue weighted by Crippen LogP contribution is 2.65. The Morgan fingerprint density at radius 1 is 0.198 bits per heavy atom. The van der Waals surface area contributed by atoms with Gasteiger partial charge >= 0.3 is 7.82 Å². The summed E-state index contributed by atoms with van der Waals surface area (Å²) in [6.45, 7) is 0. The van der Waals surface area contributed by atoms with Crippen LogP contribution < -0.4 is 28.4 Å². The first-order valence-electron chi connectivity index (χ1n) is 33.9. The molecule has 0 spiro atoms. The number of nitriles is 12. The molecule has 0 fully saturated rings. The molecule has 0 amide bonds. The Kier molecular flexibility index (Phi) is 22.9. The van der Waals surface area contributed by atoms with Gasteiger partial charge in [0.25, 0.3) is 0 Å². The molecule has 0 aliphatic carbocycles. The predicted octanol–water partition coefficient (Wildman–Crippen LogP) is 19.1. The summed E-state index contributed by atoms with van der Waals surface area (Å²) >= 11 is 0. The number of hydrogen-bond acceptors (Lipinski definition) is 22. The number of phosphoric ester groups is 1. The summed E-state index contributed by atoms with van der Waals surface area (Å²) in [7, 11) is -6.08. The summed E-state index contributed by atoms with van der Waals surface area (Å²) in [6, 6.07) is 84.8. The third kappa shape index (κ3) is 16.3. The SMILES string of the molecule is C#CC(OP(=O)(OC(C#C)(c1ccc(Oc2ccc(C#N)c(C#N)c2)cc1)c1ccc(Oc2ccc(C#N)c(C#N)c2)cc1)OC(C#C)(c1ccc(Oc2ccc(C#N)c(C#N)c2)cc1)c1ccc(Oc2ccc(C#N)c(C#N)c2)cc1)(c1ccc(Oc2ccc(C#N)c(C#N)c2)cc1)c1ccc(Oc2ccc(C#N)c(C#N)c2)cc1.